The standard InChI is InChI=1S/C11H11Cl2N3O2/c1-18-6-11-10(5-17)14-15-16(11)7-2-3-8(12)9(13)4-7/h2-4,17H,5-6H2,1H3. The fourth-order valence-electron chi connectivity index (χ4n) is 1.56. The van der Waals surface area contributed by atoms with Crippen LogP contribution in [0, 0.1) is 0 Å². The molecule has 0 spiro atoms. The van der Waals surface area contributed by atoms with Gasteiger partial charge in [0.15, 0.2) is 0 Å². The Balaban J connectivity index is 2.49. The minimum Gasteiger partial charge on any atom is -0.390 e. The van der Waals surface area contributed by atoms with E-state index in [-0.39, 0.29) is 6.61 Å². The molecular formula is C11H11Cl2N3O2. The van der Waals surface area contributed by atoms with Crippen LogP contribution in [0.3, 0.4) is 0 Å². The monoisotopic (exact) mass is 287 g/mol. The summed E-state index contributed by atoms with van der Waals surface area (Å²) in [7, 11) is 1.56. The minimum atomic E-state index is -0.194. The summed E-state index contributed by atoms with van der Waals surface area (Å²) in [5.74, 6) is 0. The van der Waals surface area contributed by atoms with E-state index < -0.39 is 0 Å². The van der Waals surface area contributed by atoms with Gasteiger partial charge in [0.2, 0.25) is 0 Å². The second-order valence-electron chi connectivity index (χ2n) is 3.58. The number of benzene rings is 1. The minimum absolute atomic E-state index is 0.194. The van der Waals surface area contributed by atoms with Crippen molar-refractivity contribution in [2.45, 2.75) is 13.2 Å². The van der Waals surface area contributed by atoms with Gasteiger partial charge in [0.25, 0.3) is 0 Å². The molecule has 7 heteroatoms. The van der Waals surface area contributed by atoms with Crippen LogP contribution in [0.5, 0.6) is 0 Å². The Kier molecular flexibility index (Phi) is 4.19. The van der Waals surface area contributed by atoms with Gasteiger partial charge in [-0.25, -0.2) is 4.68 Å². The quantitative estimate of drug-likeness (QED) is 0.937. The molecule has 0 atom stereocenters. The maximum absolute atomic E-state index is 9.19. The number of aromatic nitrogens is 3. The molecule has 2 aromatic rings. The van der Waals surface area contributed by atoms with Gasteiger partial charge in [-0.15, -0.1) is 5.10 Å². The van der Waals surface area contributed by atoms with Gasteiger partial charge >= 0.3 is 0 Å². The molecule has 1 N–H and O–H groups in total. The molecule has 1 aromatic heterocycles. The molecule has 0 aliphatic carbocycles. The lowest BCUT2D eigenvalue weighted by Crippen LogP contribution is -2.05. The Labute approximate surface area is 114 Å². The first-order valence-corrected chi connectivity index (χ1v) is 5.91. The van der Waals surface area contributed by atoms with Crippen molar-refractivity contribution in [3.05, 3.63) is 39.6 Å². The molecule has 0 radical (unpaired) electrons. The summed E-state index contributed by atoms with van der Waals surface area (Å²) >= 11 is 11.8. The molecule has 0 saturated carbocycles. The van der Waals surface area contributed by atoms with Gasteiger partial charge in [0.1, 0.15) is 5.69 Å². The number of aliphatic hydroxyl groups excluding tert-OH is 1. The van der Waals surface area contributed by atoms with Crippen LogP contribution in [0.15, 0.2) is 18.2 Å². The first kappa shape index (κ1) is 13.3. The van der Waals surface area contributed by atoms with E-state index in [4.69, 9.17) is 27.9 Å². The summed E-state index contributed by atoms with van der Waals surface area (Å²) in [5, 5.41) is 17.9. The van der Waals surface area contributed by atoms with E-state index in [0.717, 1.165) is 0 Å². The normalized spacial score (nSPS) is 10.9. The second kappa shape index (κ2) is 5.67. The molecule has 96 valence electrons. The van der Waals surface area contributed by atoms with E-state index >= 15 is 0 Å². The SMILES string of the molecule is COCc1c(CO)nnn1-c1ccc(Cl)c(Cl)c1. The summed E-state index contributed by atoms with van der Waals surface area (Å²) < 4.78 is 6.64. The number of rotatable bonds is 4. The molecule has 0 bridgehead atoms. The van der Waals surface area contributed by atoms with Crippen molar-refractivity contribution in [2.24, 2.45) is 0 Å². The van der Waals surface area contributed by atoms with Crippen LogP contribution >= 0.6 is 23.2 Å². The Hall–Kier alpha value is -1.14. The lowest BCUT2D eigenvalue weighted by atomic mass is 10.3. The highest BCUT2D eigenvalue weighted by Crippen LogP contribution is 2.25. The van der Waals surface area contributed by atoms with Crippen molar-refractivity contribution in [3.8, 4) is 5.69 Å². The number of hydrogen-bond donors (Lipinski definition) is 1. The molecule has 0 aliphatic rings. The van der Waals surface area contributed by atoms with Gasteiger partial charge in [-0.2, -0.15) is 0 Å². The van der Waals surface area contributed by atoms with Crippen LogP contribution in [0.2, 0.25) is 10.0 Å². The van der Waals surface area contributed by atoms with Crippen molar-refractivity contribution in [3.63, 3.8) is 0 Å². The number of hydrogen-bond acceptors (Lipinski definition) is 4. The van der Waals surface area contributed by atoms with Gasteiger partial charge in [-0.3, -0.25) is 0 Å². The Bertz CT molecular complexity index is 557. The maximum atomic E-state index is 9.19. The fourth-order valence-corrected chi connectivity index (χ4v) is 1.85. The predicted molar refractivity (Wildman–Crippen MR) is 68.0 cm³/mol. The predicted octanol–water partition coefficient (Wildman–Crippen LogP) is 2.21. The zero-order valence-electron chi connectivity index (χ0n) is 9.60. The molecule has 0 saturated heterocycles. The molecule has 0 amide bonds. The third-order valence-corrected chi connectivity index (χ3v) is 3.16. The first-order chi connectivity index (χ1) is 8.67. The van der Waals surface area contributed by atoms with Crippen LogP contribution in [-0.2, 0) is 18.0 Å². The van der Waals surface area contributed by atoms with Crippen molar-refractivity contribution >= 4 is 23.2 Å². The summed E-state index contributed by atoms with van der Waals surface area (Å²) in [6.45, 7) is 0.100. The van der Waals surface area contributed by atoms with E-state index in [9.17, 15) is 5.11 Å². The smallest absolute Gasteiger partial charge is 0.114 e. The van der Waals surface area contributed by atoms with Crippen LogP contribution in [0.4, 0.5) is 0 Å². The van der Waals surface area contributed by atoms with Crippen LogP contribution in [-0.4, -0.2) is 27.2 Å². The van der Waals surface area contributed by atoms with Gasteiger partial charge in [0, 0.05) is 7.11 Å². The topological polar surface area (TPSA) is 60.2 Å². The van der Waals surface area contributed by atoms with Crippen LogP contribution in [0.25, 0.3) is 5.69 Å². The second-order valence-corrected chi connectivity index (χ2v) is 4.40. The average molecular weight is 288 g/mol. The van der Waals surface area contributed by atoms with Crippen molar-refractivity contribution in [1.29, 1.82) is 0 Å². The van der Waals surface area contributed by atoms with Gasteiger partial charge < -0.3 is 9.84 Å². The lowest BCUT2D eigenvalue weighted by molar-refractivity contribution is 0.175. The van der Waals surface area contributed by atoms with Gasteiger partial charge in [-0.1, -0.05) is 28.4 Å². The molecule has 5 nitrogen and oxygen atoms in total. The summed E-state index contributed by atoms with van der Waals surface area (Å²) in [6, 6.07) is 5.12. The Morgan fingerprint density at radius 2 is 2.11 bits per heavy atom. The molecule has 1 aromatic carbocycles. The molecule has 1 heterocycles. The Morgan fingerprint density at radius 3 is 2.72 bits per heavy atom. The highest BCUT2D eigenvalue weighted by molar-refractivity contribution is 6.42. The zero-order valence-corrected chi connectivity index (χ0v) is 11.1. The molecule has 0 aliphatic heterocycles. The summed E-state index contributed by atoms with van der Waals surface area (Å²) in [5.41, 5.74) is 1.87. The lowest BCUT2D eigenvalue weighted by Gasteiger charge is -2.07. The highest BCUT2D eigenvalue weighted by Gasteiger charge is 2.14. The summed E-state index contributed by atoms with van der Waals surface area (Å²) in [4.78, 5) is 0. The number of methoxy groups -OCH3 is 1. The van der Waals surface area contributed by atoms with Crippen LogP contribution < -0.4 is 0 Å². The third kappa shape index (κ3) is 2.49. The van der Waals surface area contributed by atoms with Gasteiger partial charge in [-0.05, 0) is 18.2 Å². The zero-order chi connectivity index (χ0) is 13.1. The first-order valence-electron chi connectivity index (χ1n) is 5.16. The number of ether oxygens (including phenoxy) is 1. The third-order valence-electron chi connectivity index (χ3n) is 2.42. The van der Waals surface area contributed by atoms with E-state index in [1.807, 2.05) is 0 Å². The van der Waals surface area contributed by atoms with E-state index in [0.29, 0.717) is 33.7 Å². The van der Waals surface area contributed by atoms with E-state index in [2.05, 4.69) is 10.3 Å². The van der Waals surface area contributed by atoms with Crippen LogP contribution in [0.1, 0.15) is 11.4 Å². The van der Waals surface area contributed by atoms with Crippen molar-refractivity contribution < 1.29 is 9.84 Å². The number of aliphatic hydroxyl groups is 1. The molecule has 2 rings (SSSR count). The van der Waals surface area contributed by atoms with Crippen molar-refractivity contribution in [1.82, 2.24) is 15.0 Å². The largest absolute Gasteiger partial charge is 0.390 e. The fraction of sp³-hybridized carbons (Fsp3) is 0.273. The number of nitrogens with zero attached hydrogens (tertiary/aromatic N) is 3. The highest BCUT2D eigenvalue weighted by atomic mass is 35.5. The number of halogens is 2. The average Bonchev–Trinajstić information content (AvgIpc) is 2.76. The molecule has 0 fully saturated rings. The van der Waals surface area contributed by atoms with E-state index in [1.54, 1.807) is 30.0 Å². The maximum Gasteiger partial charge on any atom is 0.114 e. The van der Waals surface area contributed by atoms with E-state index in [1.165, 1.54) is 0 Å². The molecule has 18 heavy (non-hydrogen) atoms. The summed E-state index contributed by atoms with van der Waals surface area (Å²) in [6.07, 6.45) is 0. The van der Waals surface area contributed by atoms with Gasteiger partial charge in [0.05, 0.1) is 34.6 Å². The Morgan fingerprint density at radius 1 is 1.33 bits per heavy atom. The molecular weight excluding hydrogens is 277 g/mol. The van der Waals surface area contributed by atoms with Crippen molar-refractivity contribution in [2.75, 3.05) is 7.11 Å². The molecule has 0 unspecified atom stereocenters.